The third kappa shape index (κ3) is 7.52. The molecule has 15 heteroatoms. The van der Waals surface area contributed by atoms with Crippen molar-refractivity contribution in [1.82, 2.24) is 23.4 Å². The van der Waals surface area contributed by atoms with Gasteiger partial charge in [0.25, 0.3) is 11.8 Å². The molecule has 0 bridgehead atoms. The van der Waals surface area contributed by atoms with E-state index in [4.69, 9.17) is 9.47 Å². The number of amides is 2. The second-order valence-electron chi connectivity index (χ2n) is 13.7. The van der Waals surface area contributed by atoms with Gasteiger partial charge in [0, 0.05) is 66.9 Å². The number of alkyl halides is 3. The molecule has 0 radical (unpaired) electrons. The zero-order chi connectivity index (χ0) is 35.9. The highest BCUT2D eigenvalue weighted by molar-refractivity contribution is 7.87. The minimum Gasteiger partial charge on any atom is -0.497 e. The Hall–Kier alpha value is -3.92. The van der Waals surface area contributed by atoms with Crippen molar-refractivity contribution in [3.8, 4) is 17.0 Å². The molecule has 1 saturated carbocycles. The smallest absolute Gasteiger partial charge is 0.401 e. The molecule has 4 aliphatic rings. The molecule has 3 aliphatic heterocycles. The van der Waals surface area contributed by atoms with Gasteiger partial charge in [-0.2, -0.15) is 25.9 Å². The van der Waals surface area contributed by atoms with E-state index in [2.05, 4.69) is 10.8 Å². The molecule has 1 aliphatic carbocycles. The molecule has 3 aromatic rings. The van der Waals surface area contributed by atoms with Crippen molar-refractivity contribution in [1.29, 1.82) is 0 Å². The minimum atomic E-state index is -4.32. The molecule has 11 nitrogen and oxygen atoms in total. The molecule has 51 heavy (non-hydrogen) atoms. The quantitative estimate of drug-likeness (QED) is 0.373. The Kier molecular flexibility index (Phi) is 9.91. The first-order valence-corrected chi connectivity index (χ1v) is 18.9. The maximum Gasteiger partial charge on any atom is 0.401 e. The van der Waals surface area contributed by atoms with Gasteiger partial charge in [0.1, 0.15) is 5.75 Å². The van der Waals surface area contributed by atoms with Gasteiger partial charge in [-0.3, -0.25) is 14.5 Å². The van der Waals surface area contributed by atoms with Crippen molar-refractivity contribution < 1.29 is 40.7 Å². The summed E-state index contributed by atoms with van der Waals surface area (Å²) in [7, 11) is -2.48. The van der Waals surface area contributed by atoms with E-state index >= 15 is 0 Å². The van der Waals surface area contributed by atoms with Crippen LogP contribution in [-0.4, -0.2) is 111 Å². The first kappa shape index (κ1) is 35.5. The number of fused-ring (bicyclic) bond motifs is 5. The van der Waals surface area contributed by atoms with Crippen LogP contribution < -0.4 is 9.46 Å². The molecule has 2 amide bonds. The van der Waals surface area contributed by atoms with Crippen molar-refractivity contribution in [3.05, 3.63) is 58.7 Å². The highest BCUT2D eigenvalue weighted by Crippen LogP contribution is 2.45. The number of ether oxygens (including phenoxy) is 2. The number of nitrogens with one attached hydrogen (secondary N) is 1. The number of carbonyl (C=O) groups excluding carboxylic acids is 2. The number of piperazine rings is 1. The number of halogens is 3. The Morgan fingerprint density at radius 1 is 0.961 bits per heavy atom. The van der Waals surface area contributed by atoms with Crippen LogP contribution in [0.5, 0.6) is 5.75 Å². The summed E-state index contributed by atoms with van der Waals surface area (Å²) < 4.78 is 81.6. The highest BCUT2D eigenvalue weighted by Gasteiger charge is 2.35. The van der Waals surface area contributed by atoms with Crippen LogP contribution in [0, 0.1) is 0 Å². The fraction of sp³-hybridized carbons (Fsp3) is 0.500. The third-order valence-corrected chi connectivity index (χ3v) is 11.9. The first-order valence-electron chi connectivity index (χ1n) is 17.4. The van der Waals surface area contributed by atoms with Crippen LogP contribution in [-0.2, 0) is 26.3 Å². The Morgan fingerprint density at radius 2 is 1.69 bits per heavy atom. The summed E-state index contributed by atoms with van der Waals surface area (Å²) in [5.41, 5.74) is 4.99. The lowest BCUT2D eigenvalue weighted by Crippen LogP contribution is -2.51. The van der Waals surface area contributed by atoms with Gasteiger partial charge in [0.2, 0.25) is 0 Å². The SMILES string of the molecule is COc1cc2c(c(C3CCCCC3)c1)-c1cc3ccc(C(=O)NS(=O)(=O)N4CCOCC4)cc3n1CC(C(=O)N1CCN(CC(F)(F)F)CC1)=C2. The largest absolute Gasteiger partial charge is 0.497 e. The Morgan fingerprint density at radius 3 is 2.37 bits per heavy atom. The van der Waals surface area contributed by atoms with E-state index < -0.39 is 28.8 Å². The lowest BCUT2D eigenvalue weighted by Gasteiger charge is -2.35. The number of benzene rings is 2. The van der Waals surface area contributed by atoms with E-state index in [0.717, 1.165) is 53.5 Å². The van der Waals surface area contributed by atoms with Crippen LogP contribution in [0.25, 0.3) is 28.2 Å². The van der Waals surface area contributed by atoms with Gasteiger partial charge in [-0.15, -0.1) is 0 Å². The third-order valence-electron chi connectivity index (χ3n) is 10.4. The van der Waals surface area contributed by atoms with Gasteiger partial charge in [-0.1, -0.05) is 25.3 Å². The normalized spacial score (nSPS) is 19.6. The van der Waals surface area contributed by atoms with Crippen LogP contribution >= 0.6 is 0 Å². The van der Waals surface area contributed by atoms with E-state index in [1.807, 2.05) is 22.8 Å². The van der Waals surface area contributed by atoms with E-state index in [1.165, 1.54) is 15.6 Å². The van der Waals surface area contributed by atoms with Gasteiger partial charge in [-0.05, 0) is 66.3 Å². The van der Waals surface area contributed by atoms with Crippen molar-refractivity contribution in [2.24, 2.45) is 0 Å². The number of methoxy groups -OCH3 is 1. The molecular weight excluding hydrogens is 687 g/mol. The second-order valence-corrected chi connectivity index (χ2v) is 15.4. The van der Waals surface area contributed by atoms with Crippen molar-refractivity contribution in [2.45, 2.75) is 50.7 Å². The number of nitrogens with zero attached hydrogens (tertiary/aromatic N) is 4. The Bertz CT molecular complexity index is 1960. The summed E-state index contributed by atoms with van der Waals surface area (Å²) in [4.78, 5) is 30.5. The molecule has 2 aromatic carbocycles. The molecule has 7 rings (SSSR count). The Labute approximate surface area is 295 Å². The molecule has 3 fully saturated rings. The lowest BCUT2D eigenvalue weighted by atomic mass is 9.80. The highest BCUT2D eigenvalue weighted by atomic mass is 32.2. The van der Waals surface area contributed by atoms with Crippen molar-refractivity contribution in [2.75, 3.05) is 66.1 Å². The number of rotatable bonds is 7. The zero-order valence-electron chi connectivity index (χ0n) is 28.5. The lowest BCUT2D eigenvalue weighted by molar-refractivity contribution is -0.151. The predicted molar refractivity (Wildman–Crippen MR) is 186 cm³/mol. The maximum atomic E-state index is 14.2. The van der Waals surface area contributed by atoms with Crippen LogP contribution in [0.15, 0.2) is 42.0 Å². The van der Waals surface area contributed by atoms with E-state index in [-0.39, 0.29) is 76.4 Å². The summed E-state index contributed by atoms with van der Waals surface area (Å²) in [5, 5.41) is 0.809. The van der Waals surface area contributed by atoms with Gasteiger partial charge < -0.3 is 18.9 Å². The van der Waals surface area contributed by atoms with Gasteiger partial charge in [0.15, 0.2) is 0 Å². The number of hydrogen-bond donors (Lipinski definition) is 1. The zero-order valence-corrected chi connectivity index (χ0v) is 29.3. The number of morpholine rings is 1. The van der Waals surface area contributed by atoms with E-state index in [0.29, 0.717) is 16.8 Å². The fourth-order valence-electron chi connectivity index (χ4n) is 7.82. The first-order chi connectivity index (χ1) is 24.4. The summed E-state index contributed by atoms with van der Waals surface area (Å²) in [5.74, 6) is -0.102. The van der Waals surface area contributed by atoms with Crippen molar-refractivity contribution in [3.63, 3.8) is 0 Å². The Balaban J connectivity index is 1.29. The van der Waals surface area contributed by atoms with Gasteiger partial charge in [-0.25, -0.2) is 4.72 Å². The maximum absolute atomic E-state index is 14.2. The number of aromatic nitrogens is 1. The standard InChI is InChI=1S/C36H42F3N5O6S/c1-49-29-18-27-17-28(35(46)42-11-9-41(10-12-42)23-36(37,38)39)22-44-31-20-26(34(45)40-51(47,48)43-13-15-50-16-14-43)8-7-25(31)19-32(44)33(27)30(21-29)24-5-3-2-4-6-24/h7-8,17-21,24H,2-6,9-16,22-23H2,1H3,(H,40,45). The monoisotopic (exact) mass is 729 g/mol. The molecule has 1 N–H and O–H groups in total. The summed E-state index contributed by atoms with van der Waals surface area (Å²) >= 11 is 0. The molecule has 0 unspecified atom stereocenters. The summed E-state index contributed by atoms with van der Waals surface area (Å²) in [6.07, 6.45) is 2.96. The van der Waals surface area contributed by atoms with Crippen LogP contribution in [0.1, 0.15) is 59.5 Å². The fourth-order valence-corrected chi connectivity index (χ4v) is 8.93. The molecule has 0 spiro atoms. The topological polar surface area (TPSA) is 113 Å². The molecule has 0 atom stereocenters. The van der Waals surface area contributed by atoms with E-state index in [1.54, 1.807) is 30.2 Å². The average Bonchev–Trinajstić information content (AvgIpc) is 3.38. The van der Waals surface area contributed by atoms with E-state index in [9.17, 15) is 31.2 Å². The number of hydrogen-bond acceptors (Lipinski definition) is 7. The van der Waals surface area contributed by atoms with Gasteiger partial charge in [0.05, 0.1) is 39.1 Å². The predicted octanol–water partition coefficient (Wildman–Crippen LogP) is 4.77. The molecule has 2 saturated heterocycles. The second kappa shape index (κ2) is 14.2. The van der Waals surface area contributed by atoms with Crippen LogP contribution in [0.2, 0.25) is 0 Å². The minimum absolute atomic E-state index is 0.109. The average molecular weight is 730 g/mol. The summed E-state index contributed by atoms with van der Waals surface area (Å²) in [6.45, 7) is 0.421. The molecule has 4 heterocycles. The molecular formula is C36H42F3N5O6S. The van der Waals surface area contributed by atoms with Crippen molar-refractivity contribution >= 4 is 39.0 Å². The summed E-state index contributed by atoms with van der Waals surface area (Å²) in [6, 6.07) is 11.0. The molecule has 1 aromatic heterocycles. The van der Waals surface area contributed by atoms with Gasteiger partial charge >= 0.3 is 16.4 Å². The van der Waals surface area contributed by atoms with Crippen LogP contribution in [0.3, 0.4) is 0 Å². The van der Waals surface area contributed by atoms with Crippen LogP contribution in [0.4, 0.5) is 13.2 Å². The number of carbonyl (C=O) groups is 2. The molecule has 274 valence electrons.